The Labute approximate surface area is 160 Å². The Balaban J connectivity index is 1.91. The normalized spacial score (nSPS) is 10.4. The lowest BCUT2D eigenvalue weighted by atomic mass is 10.2. The van der Waals surface area contributed by atoms with Crippen molar-refractivity contribution in [2.24, 2.45) is 0 Å². The molecule has 0 fully saturated rings. The van der Waals surface area contributed by atoms with Crippen LogP contribution in [0.4, 0.5) is 5.69 Å². The highest BCUT2D eigenvalue weighted by Gasteiger charge is 2.15. The van der Waals surface area contributed by atoms with Gasteiger partial charge in [0.05, 0.1) is 26.3 Å². The minimum atomic E-state index is -0.653. The van der Waals surface area contributed by atoms with Crippen molar-refractivity contribution in [3.8, 4) is 0 Å². The van der Waals surface area contributed by atoms with Crippen molar-refractivity contribution in [1.29, 1.82) is 0 Å². The Morgan fingerprint density at radius 1 is 1.04 bits per heavy atom. The molecule has 0 saturated heterocycles. The van der Waals surface area contributed by atoms with Crippen LogP contribution in [0, 0.1) is 0 Å². The van der Waals surface area contributed by atoms with E-state index in [1.165, 1.54) is 23.1 Å². The molecule has 5 nitrogen and oxygen atoms in total. The van der Waals surface area contributed by atoms with E-state index in [9.17, 15) is 9.59 Å². The molecule has 0 bridgehead atoms. The highest BCUT2D eigenvalue weighted by Crippen LogP contribution is 2.23. The quantitative estimate of drug-likeness (QED) is 0.606. The van der Waals surface area contributed by atoms with Gasteiger partial charge in [0.2, 0.25) is 0 Å². The van der Waals surface area contributed by atoms with Gasteiger partial charge in [0.1, 0.15) is 0 Å². The molecular weight excluding hydrogens is 387 g/mol. The number of hydrogen-bond donors (Lipinski definition) is 1. The van der Waals surface area contributed by atoms with Crippen molar-refractivity contribution in [3.05, 3.63) is 62.6 Å². The molecule has 0 unspecified atom stereocenters. The number of benzene rings is 2. The molecule has 2 aromatic carbocycles. The third kappa shape index (κ3) is 5.26. The number of hydrogen-bond acceptors (Lipinski definition) is 4. The number of esters is 1. The summed E-state index contributed by atoms with van der Waals surface area (Å²) in [5.41, 5.74) is 6.93. The van der Waals surface area contributed by atoms with Crippen LogP contribution in [0.15, 0.2) is 36.4 Å². The summed E-state index contributed by atoms with van der Waals surface area (Å²) in [6.45, 7) is -0.0830. The zero-order valence-corrected chi connectivity index (χ0v) is 15.5. The third-order valence-electron chi connectivity index (χ3n) is 3.39. The first-order chi connectivity index (χ1) is 11.8. The zero-order chi connectivity index (χ0) is 18.6. The first-order valence-corrected chi connectivity index (χ1v) is 8.31. The maximum Gasteiger partial charge on any atom is 0.338 e. The Morgan fingerprint density at radius 2 is 1.72 bits per heavy atom. The van der Waals surface area contributed by atoms with Gasteiger partial charge < -0.3 is 15.4 Å². The Hall–Kier alpha value is -1.95. The van der Waals surface area contributed by atoms with Crippen LogP contribution in [0.3, 0.4) is 0 Å². The summed E-state index contributed by atoms with van der Waals surface area (Å²) in [6, 6.07) is 9.46. The summed E-state index contributed by atoms with van der Waals surface area (Å²) in [5, 5.41) is 1.19. The number of nitrogens with zero attached hydrogens (tertiary/aromatic N) is 1. The molecule has 8 heteroatoms. The number of nitrogen functional groups attached to an aromatic ring is 1. The summed E-state index contributed by atoms with van der Waals surface area (Å²) < 4.78 is 5.01. The van der Waals surface area contributed by atoms with Crippen LogP contribution in [0.25, 0.3) is 0 Å². The standard InChI is InChI=1S/C17H15Cl3N2O3/c1-22(8-10-2-4-12(18)14(20)6-10)16(23)9-25-17(24)11-3-5-13(19)15(21)7-11/h2-7H,8-9,21H2,1H3. The molecule has 2 rings (SSSR count). The van der Waals surface area contributed by atoms with Gasteiger partial charge in [0.25, 0.3) is 5.91 Å². The van der Waals surface area contributed by atoms with Gasteiger partial charge in [-0.1, -0.05) is 40.9 Å². The number of carbonyl (C=O) groups excluding carboxylic acids is 2. The average Bonchev–Trinajstić information content (AvgIpc) is 2.58. The maximum atomic E-state index is 12.1. The van der Waals surface area contributed by atoms with Gasteiger partial charge in [-0.15, -0.1) is 0 Å². The van der Waals surface area contributed by atoms with Crippen molar-refractivity contribution >= 4 is 52.4 Å². The van der Waals surface area contributed by atoms with E-state index < -0.39 is 5.97 Å². The minimum Gasteiger partial charge on any atom is -0.452 e. The first-order valence-electron chi connectivity index (χ1n) is 7.18. The van der Waals surface area contributed by atoms with E-state index in [0.29, 0.717) is 21.6 Å². The maximum absolute atomic E-state index is 12.1. The van der Waals surface area contributed by atoms with Crippen LogP contribution in [-0.2, 0) is 16.1 Å². The third-order valence-corrected chi connectivity index (χ3v) is 4.47. The minimum absolute atomic E-state index is 0.224. The summed E-state index contributed by atoms with van der Waals surface area (Å²) in [6.07, 6.45) is 0. The van der Waals surface area contributed by atoms with Gasteiger partial charge in [0, 0.05) is 13.6 Å². The molecule has 0 aliphatic heterocycles. The SMILES string of the molecule is CN(Cc1ccc(Cl)c(Cl)c1)C(=O)COC(=O)c1ccc(Cl)c(N)c1. The van der Waals surface area contributed by atoms with E-state index in [1.807, 2.05) is 0 Å². The number of nitrogens with two attached hydrogens (primary N) is 1. The Bertz CT molecular complexity index is 812. The number of anilines is 1. The van der Waals surface area contributed by atoms with Crippen molar-refractivity contribution in [1.82, 2.24) is 4.90 Å². The van der Waals surface area contributed by atoms with Gasteiger partial charge in [0.15, 0.2) is 6.61 Å². The summed E-state index contributed by atoms with van der Waals surface area (Å²) in [7, 11) is 1.60. The lowest BCUT2D eigenvalue weighted by molar-refractivity contribution is -0.133. The van der Waals surface area contributed by atoms with Crippen LogP contribution in [0.2, 0.25) is 15.1 Å². The number of rotatable bonds is 5. The molecule has 132 valence electrons. The van der Waals surface area contributed by atoms with Gasteiger partial charge in [-0.25, -0.2) is 4.79 Å². The fraction of sp³-hybridized carbons (Fsp3) is 0.176. The van der Waals surface area contributed by atoms with Crippen molar-refractivity contribution in [3.63, 3.8) is 0 Å². The molecule has 0 radical (unpaired) electrons. The monoisotopic (exact) mass is 400 g/mol. The predicted octanol–water partition coefficient (Wildman–Crippen LogP) is 4.04. The summed E-state index contributed by atoms with van der Waals surface area (Å²) >= 11 is 17.6. The molecule has 25 heavy (non-hydrogen) atoms. The molecule has 2 N–H and O–H groups in total. The van der Waals surface area contributed by atoms with Crippen LogP contribution in [0.1, 0.15) is 15.9 Å². The van der Waals surface area contributed by atoms with Gasteiger partial charge in [-0.2, -0.15) is 0 Å². The largest absolute Gasteiger partial charge is 0.452 e. The molecule has 0 aliphatic rings. The summed E-state index contributed by atoms with van der Waals surface area (Å²) in [4.78, 5) is 25.5. The van der Waals surface area contributed by atoms with Gasteiger partial charge >= 0.3 is 5.97 Å². The van der Waals surface area contributed by atoms with Crippen LogP contribution >= 0.6 is 34.8 Å². The lowest BCUT2D eigenvalue weighted by Crippen LogP contribution is -2.30. The smallest absolute Gasteiger partial charge is 0.338 e. The van der Waals surface area contributed by atoms with E-state index in [-0.39, 0.29) is 23.8 Å². The van der Waals surface area contributed by atoms with Gasteiger partial charge in [-0.05, 0) is 35.9 Å². The van der Waals surface area contributed by atoms with E-state index in [1.54, 1.807) is 25.2 Å². The van der Waals surface area contributed by atoms with Crippen LogP contribution in [-0.4, -0.2) is 30.4 Å². The van der Waals surface area contributed by atoms with E-state index >= 15 is 0 Å². The number of amides is 1. The molecule has 0 aromatic heterocycles. The van der Waals surface area contributed by atoms with Gasteiger partial charge in [-0.3, -0.25) is 4.79 Å². The second kappa shape index (κ2) is 8.43. The second-order valence-corrected chi connectivity index (χ2v) is 6.53. The molecule has 0 aliphatic carbocycles. The fourth-order valence-electron chi connectivity index (χ4n) is 1.99. The van der Waals surface area contributed by atoms with Crippen molar-refractivity contribution in [2.45, 2.75) is 6.54 Å². The molecule has 0 saturated carbocycles. The lowest BCUT2D eigenvalue weighted by Gasteiger charge is -2.17. The zero-order valence-electron chi connectivity index (χ0n) is 13.3. The Morgan fingerprint density at radius 3 is 2.36 bits per heavy atom. The fourth-order valence-corrected chi connectivity index (χ4v) is 2.43. The molecule has 2 aromatic rings. The molecular formula is C17H15Cl3N2O3. The highest BCUT2D eigenvalue weighted by atomic mass is 35.5. The summed E-state index contributed by atoms with van der Waals surface area (Å²) in [5.74, 6) is -1.01. The highest BCUT2D eigenvalue weighted by molar-refractivity contribution is 6.42. The van der Waals surface area contributed by atoms with Crippen molar-refractivity contribution < 1.29 is 14.3 Å². The van der Waals surface area contributed by atoms with E-state index in [2.05, 4.69) is 0 Å². The first kappa shape index (κ1) is 19.4. The number of likely N-dealkylation sites (N-methyl/N-ethyl adjacent to an activating group) is 1. The molecule has 1 amide bonds. The topological polar surface area (TPSA) is 72.6 Å². The molecule has 0 atom stereocenters. The predicted molar refractivity (Wildman–Crippen MR) is 99.1 cm³/mol. The van der Waals surface area contributed by atoms with Crippen LogP contribution in [0.5, 0.6) is 0 Å². The van der Waals surface area contributed by atoms with E-state index in [4.69, 9.17) is 45.3 Å². The number of halogens is 3. The number of ether oxygens (including phenoxy) is 1. The Kier molecular flexibility index (Phi) is 6.53. The second-order valence-electron chi connectivity index (χ2n) is 5.31. The van der Waals surface area contributed by atoms with Crippen molar-refractivity contribution in [2.75, 3.05) is 19.4 Å². The average molecular weight is 402 g/mol. The molecule has 0 heterocycles. The molecule has 0 spiro atoms. The number of carbonyl (C=O) groups is 2. The van der Waals surface area contributed by atoms with Crippen LogP contribution < -0.4 is 5.73 Å². The van der Waals surface area contributed by atoms with E-state index in [0.717, 1.165) is 5.56 Å².